The summed E-state index contributed by atoms with van der Waals surface area (Å²) in [6.07, 6.45) is 2.96. The molecule has 0 spiro atoms. The van der Waals surface area contributed by atoms with Crippen molar-refractivity contribution in [1.29, 1.82) is 0 Å². The molecule has 5 heteroatoms. The minimum absolute atomic E-state index is 0.143. The van der Waals surface area contributed by atoms with Gasteiger partial charge in [-0.25, -0.2) is 15.1 Å². The molecular formula is C8H9N3O2. The molecule has 0 aliphatic heterocycles. The van der Waals surface area contributed by atoms with Gasteiger partial charge in [0.05, 0.1) is 0 Å². The van der Waals surface area contributed by atoms with Gasteiger partial charge in [-0.3, -0.25) is 0 Å². The van der Waals surface area contributed by atoms with Gasteiger partial charge in [0.25, 0.3) is 0 Å². The highest BCUT2D eigenvalue weighted by Crippen LogP contribution is 2.08. The zero-order chi connectivity index (χ0) is 9.68. The molecule has 0 N–H and O–H groups in total. The molecule has 0 aliphatic rings. The molecule has 0 bridgehead atoms. The van der Waals surface area contributed by atoms with Gasteiger partial charge in [0.1, 0.15) is 6.54 Å². The molecule has 5 nitrogen and oxygen atoms in total. The molecule has 1 aromatic rings. The van der Waals surface area contributed by atoms with Gasteiger partial charge in [-0.05, 0) is 12.1 Å². The summed E-state index contributed by atoms with van der Waals surface area (Å²) in [5.41, 5.74) is 0. The van der Waals surface area contributed by atoms with Crippen molar-refractivity contribution in [2.75, 3.05) is 11.6 Å². The van der Waals surface area contributed by atoms with Crippen molar-refractivity contribution in [3.8, 4) is 0 Å². The highest BCUT2D eigenvalue weighted by molar-refractivity contribution is 5.34. The van der Waals surface area contributed by atoms with Gasteiger partial charge in [-0.1, -0.05) is 17.2 Å². The summed E-state index contributed by atoms with van der Waals surface area (Å²) in [4.78, 5) is 14.4. The maximum Gasteiger partial charge on any atom is 0.194 e. The predicted octanol–water partition coefficient (Wildman–Crippen LogP) is 1.27. The van der Waals surface area contributed by atoms with E-state index < -0.39 is 5.03 Å². The van der Waals surface area contributed by atoms with E-state index in [0.29, 0.717) is 5.82 Å². The molecule has 0 aromatic carbocycles. The first kappa shape index (κ1) is 9.18. The fourth-order valence-electron chi connectivity index (χ4n) is 0.873. The molecule has 1 rings (SSSR count). The lowest BCUT2D eigenvalue weighted by atomic mass is 10.4. The van der Waals surface area contributed by atoms with Crippen LogP contribution in [0, 0.1) is 10.1 Å². The zero-order valence-corrected chi connectivity index (χ0v) is 6.96. The molecule has 0 saturated heterocycles. The van der Waals surface area contributed by atoms with E-state index in [2.05, 4.69) is 11.6 Å². The molecule has 1 aromatic heterocycles. The number of nitrogens with zero attached hydrogens (tertiary/aromatic N) is 3. The van der Waals surface area contributed by atoms with E-state index in [9.17, 15) is 10.1 Å². The van der Waals surface area contributed by atoms with Crippen LogP contribution in [-0.2, 0) is 0 Å². The number of rotatable bonds is 4. The Morgan fingerprint density at radius 2 is 2.46 bits per heavy atom. The standard InChI is InChI=1S/C8H9N3O2/c1-2-7-10(11(12)13)8-5-3-4-6-9-8/h2-6H,1,7H2. The Hall–Kier alpha value is -1.91. The molecule has 0 saturated carbocycles. The number of hydrogen-bond acceptors (Lipinski definition) is 3. The molecule has 0 aliphatic carbocycles. The van der Waals surface area contributed by atoms with Crippen molar-refractivity contribution in [2.24, 2.45) is 0 Å². The SMILES string of the molecule is C=CCN(c1ccccn1)[N+](=O)[O-]. The first-order valence-electron chi connectivity index (χ1n) is 3.69. The second-order valence-corrected chi connectivity index (χ2v) is 2.30. The fourth-order valence-corrected chi connectivity index (χ4v) is 0.873. The van der Waals surface area contributed by atoms with Gasteiger partial charge in [-0.2, -0.15) is 0 Å². The normalized spacial score (nSPS) is 9.23. The molecule has 1 heterocycles. The van der Waals surface area contributed by atoms with Gasteiger partial charge >= 0.3 is 0 Å². The summed E-state index contributed by atoms with van der Waals surface area (Å²) in [5, 5.41) is 10.9. The van der Waals surface area contributed by atoms with E-state index >= 15 is 0 Å². The Morgan fingerprint density at radius 1 is 1.69 bits per heavy atom. The van der Waals surface area contributed by atoms with Crippen LogP contribution in [0.5, 0.6) is 0 Å². The Balaban J connectivity index is 2.88. The molecule has 0 fully saturated rings. The van der Waals surface area contributed by atoms with Gasteiger partial charge in [0.15, 0.2) is 10.9 Å². The van der Waals surface area contributed by atoms with E-state index in [4.69, 9.17) is 0 Å². The number of hydrazine groups is 1. The summed E-state index contributed by atoms with van der Waals surface area (Å²) in [6.45, 7) is 3.58. The maximum atomic E-state index is 10.5. The molecule has 0 radical (unpaired) electrons. The summed E-state index contributed by atoms with van der Waals surface area (Å²) < 4.78 is 0. The second-order valence-electron chi connectivity index (χ2n) is 2.30. The average Bonchev–Trinajstić information content (AvgIpc) is 2.15. The van der Waals surface area contributed by atoms with E-state index in [-0.39, 0.29) is 6.54 Å². The summed E-state index contributed by atoms with van der Waals surface area (Å²) in [6, 6.07) is 4.98. The van der Waals surface area contributed by atoms with Crippen molar-refractivity contribution in [1.82, 2.24) is 4.98 Å². The monoisotopic (exact) mass is 179 g/mol. The Labute approximate surface area is 75.4 Å². The van der Waals surface area contributed by atoms with Crippen molar-refractivity contribution in [3.05, 3.63) is 47.2 Å². The summed E-state index contributed by atoms with van der Waals surface area (Å²) >= 11 is 0. The topological polar surface area (TPSA) is 59.3 Å². The van der Waals surface area contributed by atoms with E-state index in [1.54, 1.807) is 18.2 Å². The summed E-state index contributed by atoms with van der Waals surface area (Å²) in [7, 11) is 0. The second kappa shape index (κ2) is 4.20. The van der Waals surface area contributed by atoms with Crippen LogP contribution >= 0.6 is 0 Å². The largest absolute Gasteiger partial charge is 0.234 e. The Kier molecular flexibility index (Phi) is 2.97. The van der Waals surface area contributed by atoms with Crippen molar-refractivity contribution >= 4 is 5.82 Å². The third kappa shape index (κ3) is 2.26. The molecule has 0 atom stereocenters. The van der Waals surface area contributed by atoms with Crippen molar-refractivity contribution in [3.63, 3.8) is 0 Å². The van der Waals surface area contributed by atoms with Gasteiger partial charge < -0.3 is 0 Å². The van der Waals surface area contributed by atoms with Crippen LogP contribution < -0.4 is 5.01 Å². The van der Waals surface area contributed by atoms with Gasteiger partial charge in [-0.15, -0.1) is 6.58 Å². The number of hydrogen-bond donors (Lipinski definition) is 0. The van der Waals surface area contributed by atoms with Crippen LogP contribution in [0.25, 0.3) is 0 Å². The third-order valence-electron chi connectivity index (χ3n) is 1.41. The zero-order valence-electron chi connectivity index (χ0n) is 6.96. The quantitative estimate of drug-likeness (QED) is 0.396. The molecule has 0 unspecified atom stereocenters. The Morgan fingerprint density at radius 3 is 2.92 bits per heavy atom. The maximum absolute atomic E-state index is 10.5. The van der Waals surface area contributed by atoms with Crippen LogP contribution in [0.1, 0.15) is 0 Å². The number of pyridine rings is 1. The van der Waals surface area contributed by atoms with E-state index in [1.807, 2.05) is 0 Å². The van der Waals surface area contributed by atoms with Crippen LogP contribution in [0.15, 0.2) is 37.1 Å². The van der Waals surface area contributed by atoms with Crippen molar-refractivity contribution in [2.45, 2.75) is 0 Å². The molecule has 68 valence electrons. The molecule has 0 amide bonds. The van der Waals surface area contributed by atoms with E-state index in [0.717, 1.165) is 5.01 Å². The number of aromatic nitrogens is 1. The highest BCUT2D eigenvalue weighted by atomic mass is 16.7. The number of anilines is 1. The predicted molar refractivity (Wildman–Crippen MR) is 48.8 cm³/mol. The smallest absolute Gasteiger partial charge is 0.194 e. The van der Waals surface area contributed by atoms with Crippen molar-refractivity contribution < 1.29 is 5.03 Å². The van der Waals surface area contributed by atoms with Crippen LogP contribution in [-0.4, -0.2) is 16.6 Å². The van der Waals surface area contributed by atoms with E-state index in [1.165, 1.54) is 12.3 Å². The number of nitro groups is 1. The average molecular weight is 179 g/mol. The Bertz CT molecular complexity index is 300. The third-order valence-corrected chi connectivity index (χ3v) is 1.41. The highest BCUT2D eigenvalue weighted by Gasteiger charge is 2.15. The lowest BCUT2D eigenvalue weighted by molar-refractivity contribution is -0.493. The van der Waals surface area contributed by atoms with Gasteiger partial charge in [0.2, 0.25) is 0 Å². The molecular weight excluding hydrogens is 170 g/mol. The fraction of sp³-hybridized carbons (Fsp3) is 0.125. The van der Waals surface area contributed by atoms with Crippen LogP contribution in [0.3, 0.4) is 0 Å². The minimum atomic E-state index is -0.510. The molecule has 13 heavy (non-hydrogen) atoms. The lowest BCUT2D eigenvalue weighted by Crippen LogP contribution is -2.30. The van der Waals surface area contributed by atoms with Crippen LogP contribution in [0.2, 0.25) is 0 Å². The lowest BCUT2D eigenvalue weighted by Gasteiger charge is -2.09. The summed E-state index contributed by atoms with van der Waals surface area (Å²) in [5.74, 6) is 0.312. The van der Waals surface area contributed by atoms with Gasteiger partial charge in [0, 0.05) is 6.20 Å². The van der Waals surface area contributed by atoms with Crippen LogP contribution in [0.4, 0.5) is 5.82 Å². The minimum Gasteiger partial charge on any atom is -0.234 e. The first-order valence-corrected chi connectivity index (χ1v) is 3.69. The first-order chi connectivity index (χ1) is 6.25.